The molecule has 2 N–H and O–H groups in total. The van der Waals surface area contributed by atoms with Crippen molar-refractivity contribution in [2.24, 2.45) is 0 Å². The predicted octanol–water partition coefficient (Wildman–Crippen LogP) is 0.223. The van der Waals surface area contributed by atoms with Gasteiger partial charge < -0.3 is 10.4 Å². The molecule has 0 saturated carbocycles. The topological polar surface area (TPSA) is 58.0 Å². The fraction of sp³-hybridized carbons (Fsp3) is 0.600. The van der Waals surface area contributed by atoms with Gasteiger partial charge in [-0.3, -0.25) is 0 Å². The van der Waals surface area contributed by atoms with Crippen molar-refractivity contribution in [2.45, 2.75) is 25.3 Å². The predicted molar refractivity (Wildman–Crippen MR) is 53.0 cm³/mol. The Labute approximate surface area is 83.4 Å². The summed E-state index contributed by atoms with van der Waals surface area (Å²) in [6, 6.07) is 2.09. The smallest absolute Gasteiger partial charge is 0.125 e. The minimum absolute atomic E-state index is 0.157. The van der Waals surface area contributed by atoms with Gasteiger partial charge in [-0.15, -0.1) is 0 Å². The Hall–Kier alpha value is -1.00. The molecular weight excluding hydrogens is 178 g/mol. The molecule has 1 aromatic rings. The van der Waals surface area contributed by atoms with Crippen LogP contribution >= 0.6 is 0 Å². The number of hydrogen-bond donors (Lipinski definition) is 2. The van der Waals surface area contributed by atoms with Crippen molar-refractivity contribution in [1.29, 1.82) is 0 Å². The number of nitrogens with zero attached hydrogens (tertiary/aromatic N) is 2. The summed E-state index contributed by atoms with van der Waals surface area (Å²) in [5, 5.41) is 12.4. The first-order chi connectivity index (χ1) is 6.81. The maximum atomic E-state index is 9.16. The van der Waals surface area contributed by atoms with Gasteiger partial charge in [0.15, 0.2) is 0 Å². The van der Waals surface area contributed by atoms with Crippen LogP contribution in [0.15, 0.2) is 12.3 Å². The number of aryl methyl sites for hydroxylation is 1. The average Bonchev–Trinajstić information content (AvgIpc) is 2.65. The Kier molecular flexibility index (Phi) is 2.74. The molecule has 4 nitrogen and oxygen atoms in total. The van der Waals surface area contributed by atoms with Crippen LogP contribution in [0.2, 0.25) is 0 Å². The fourth-order valence-corrected chi connectivity index (χ4v) is 1.99. The zero-order valence-corrected chi connectivity index (χ0v) is 8.27. The van der Waals surface area contributed by atoms with Crippen molar-refractivity contribution >= 4 is 0 Å². The molecule has 0 bridgehead atoms. The molecule has 0 amide bonds. The van der Waals surface area contributed by atoms with E-state index in [1.807, 2.05) is 13.0 Å². The molecule has 0 radical (unpaired) electrons. The molecule has 4 heteroatoms. The highest BCUT2D eigenvalue weighted by Gasteiger charge is 2.28. The number of aliphatic hydroxyl groups excluding tert-OH is 1. The molecule has 0 aromatic carbocycles. The highest BCUT2D eigenvalue weighted by molar-refractivity contribution is 5.13. The van der Waals surface area contributed by atoms with Gasteiger partial charge in [0.25, 0.3) is 0 Å². The summed E-state index contributed by atoms with van der Waals surface area (Å²) in [7, 11) is 0. The first-order valence-corrected chi connectivity index (χ1v) is 4.95. The van der Waals surface area contributed by atoms with Crippen LogP contribution < -0.4 is 5.32 Å². The van der Waals surface area contributed by atoms with E-state index in [0.717, 1.165) is 24.5 Å². The maximum absolute atomic E-state index is 9.16. The third kappa shape index (κ3) is 1.76. The van der Waals surface area contributed by atoms with Crippen LogP contribution in [0.4, 0.5) is 0 Å². The Bertz CT molecular complexity index is 316. The second-order valence-electron chi connectivity index (χ2n) is 3.67. The largest absolute Gasteiger partial charge is 0.395 e. The van der Waals surface area contributed by atoms with Crippen LogP contribution in [-0.2, 0) is 0 Å². The van der Waals surface area contributed by atoms with Crippen LogP contribution in [0.3, 0.4) is 0 Å². The van der Waals surface area contributed by atoms with E-state index in [4.69, 9.17) is 5.11 Å². The molecule has 2 atom stereocenters. The van der Waals surface area contributed by atoms with Crippen molar-refractivity contribution in [3.63, 3.8) is 0 Å². The van der Waals surface area contributed by atoms with Crippen molar-refractivity contribution in [2.75, 3.05) is 13.2 Å². The first kappa shape index (κ1) is 9.55. The second kappa shape index (κ2) is 4.02. The quantitative estimate of drug-likeness (QED) is 0.705. The monoisotopic (exact) mass is 193 g/mol. The minimum atomic E-state index is 0.157. The lowest BCUT2D eigenvalue weighted by Crippen LogP contribution is -2.30. The lowest BCUT2D eigenvalue weighted by atomic mass is 9.97. The molecular formula is C10H15N3O. The molecule has 1 fully saturated rings. The average molecular weight is 193 g/mol. The summed E-state index contributed by atoms with van der Waals surface area (Å²) in [5.41, 5.74) is 1.04. The van der Waals surface area contributed by atoms with Gasteiger partial charge in [0.2, 0.25) is 0 Å². The number of aromatic nitrogens is 2. The molecule has 2 unspecified atom stereocenters. The van der Waals surface area contributed by atoms with Crippen LogP contribution in [0.5, 0.6) is 0 Å². The Morgan fingerprint density at radius 3 is 3.21 bits per heavy atom. The summed E-state index contributed by atoms with van der Waals surface area (Å²) in [4.78, 5) is 8.46. The molecule has 1 aliphatic rings. The van der Waals surface area contributed by atoms with Gasteiger partial charge in [-0.2, -0.15) is 0 Å². The Morgan fingerprint density at radius 2 is 2.50 bits per heavy atom. The molecule has 2 rings (SSSR count). The molecule has 1 saturated heterocycles. The van der Waals surface area contributed by atoms with Crippen molar-refractivity contribution in [1.82, 2.24) is 15.3 Å². The number of rotatable bonds is 2. The van der Waals surface area contributed by atoms with Gasteiger partial charge in [0, 0.05) is 23.9 Å². The number of hydrogen-bond acceptors (Lipinski definition) is 4. The Balaban J connectivity index is 2.21. The SMILES string of the molecule is Cc1nccc(C2CCNC2CO)n1. The Morgan fingerprint density at radius 1 is 1.64 bits per heavy atom. The molecule has 1 aliphatic heterocycles. The lowest BCUT2D eigenvalue weighted by molar-refractivity contribution is 0.244. The van der Waals surface area contributed by atoms with E-state index in [-0.39, 0.29) is 12.6 Å². The van der Waals surface area contributed by atoms with E-state index in [1.165, 1.54) is 0 Å². The maximum Gasteiger partial charge on any atom is 0.125 e. The summed E-state index contributed by atoms with van der Waals surface area (Å²) in [6.45, 7) is 3.02. The van der Waals surface area contributed by atoms with Crippen molar-refractivity contribution in [3.05, 3.63) is 23.8 Å². The lowest BCUT2D eigenvalue weighted by Gasteiger charge is -2.16. The van der Waals surface area contributed by atoms with Crippen LogP contribution in [-0.4, -0.2) is 34.3 Å². The third-order valence-electron chi connectivity index (χ3n) is 2.72. The zero-order valence-electron chi connectivity index (χ0n) is 8.27. The van der Waals surface area contributed by atoms with E-state index < -0.39 is 0 Å². The van der Waals surface area contributed by atoms with Crippen molar-refractivity contribution in [3.8, 4) is 0 Å². The van der Waals surface area contributed by atoms with E-state index in [0.29, 0.717) is 5.92 Å². The van der Waals surface area contributed by atoms with Gasteiger partial charge in [-0.25, -0.2) is 9.97 Å². The molecule has 0 spiro atoms. The van der Waals surface area contributed by atoms with Crippen molar-refractivity contribution < 1.29 is 5.11 Å². The normalized spacial score (nSPS) is 26.7. The standard InChI is InChI=1S/C10H15N3O/c1-7-11-5-3-9(13-7)8-2-4-12-10(8)6-14/h3,5,8,10,12,14H,2,4,6H2,1H3. The van der Waals surface area contributed by atoms with Gasteiger partial charge in [0.1, 0.15) is 5.82 Å². The summed E-state index contributed by atoms with van der Waals surface area (Å²) in [5.74, 6) is 1.13. The van der Waals surface area contributed by atoms with Crippen LogP contribution in [0, 0.1) is 6.92 Å². The number of nitrogens with one attached hydrogen (secondary N) is 1. The molecule has 14 heavy (non-hydrogen) atoms. The summed E-state index contributed by atoms with van der Waals surface area (Å²) >= 11 is 0. The van der Waals surface area contributed by atoms with Gasteiger partial charge in [-0.05, 0) is 26.0 Å². The van der Waals surface area contributed by atoms with Gasteiger partial charge in [-0.1, -0.05) is 0 Å². The first-order valence-electron chi connectivity index (χ1n) is 4.95. The van der Waals surface area contributed by atoms with Gasteiger partial charge in [0.05, 0.1) is 6.61 Å². The second-order valence-corrected chi connectivity index (χ2v) is 3.67. The van der Waals surface area contributed by atoms with Crippen LogP contribution in [0.25, 0.3) is 0 Å². The van der Waals surface area contributed by atoms with E-state index >= 15 is 0 Å². The third-order valence-corrected chi connectivity index (χ3v) is 2.72. The summed E-state index contributed by atoms with van der Waals surface area (Å²) < 4.78 is 0. The van der Waals surface area contributed by atoms with Gasteiger partial charge >= 0.3 is 0 Å². The number of aliphatic hydroxyl groups is 1. The zero-order chi connectivity index (χ0) is 9.97. The van der Waals surface area contributed by atoms with E-state index in [9.17, 15) is 0 Å². The molecule has 0 aliphatic carbocycles. The summed E-state index contributed by atoms with van der Waals surface area (Å²) in [6.07, 6.45) is 2.83. The van der Waals surface area contributed by atoms with E-state index in [2.05, 4.69) is 15.3 Å². The molecule has 76 valence electrons. The fourth-order valence-electron chi connectivity index (χ4n) is 1.99. The molecule has 1 aromatic heterocycles. The highest BCUT2D eigenvalue weighted by atomic mass is 16.3. The molecule has 2 heterocycles. The minimum Gasteiger partial charge on any atom is -0.395 e. The van der Waals surface area contributed by atoms with E-state index in [1.54, 1.807) is 6.20 Å². The highest BCUT2D eigenvalue weighted by Crippen LogP contribution is 2.25. The van der Waals surface area contributed by atoms with Crippen LogP contribution in [0.1, 0.15) is 23.9 Å².